The van der Waals surface area contributed by atoms with Crippen molar-refractivity contribution in [2.75, 3.05) is 19.6 Å². The van der Waals surface area contributed by atoms with Gasteiger partial charge in [-0.25, -0.2) is 0 Å². The quantitative estimate of drug-likeness (QED) is 0.830. The summed E-state index contributed by atoms with van der Waals surface area (Å²) in [7, 11) is 2.02. The van der Waals surface area contributed by atoms with Crippen LogP contribution in [-0.2, 0) is 13.5 Å². The molecule has 102 valence electrons. The number of hydrogen-bond donors (Lipinski definition) is 1. The van der Waals surface area contributed by atoms with Crippen molar-refractivity contribution in [3.63, 3.8) is 0 Å². The molecule has 0 aromatic carbocycles. The van der Waals surface area contributed by atoms with E-state index in [1.54, 1.807) is 0 Å². The molecule has 0 aliphatic heterocycles. The van der Waals surface area contributed by atoms with Crippen molar-refractivity contribution in [3.05, 3.63) is 18.0 Å². The fourth-order valence-corrected chi connectivity index (χ4v) is 3.24. The lowest BCUT2D eigenvalue weighted by Gasteiger charge is -2.31. The fourth-order valence-electron chi connectivity index (χ4n) is 3.24. The van der Waals surface area contributed by atoms with Crippen LogP contribution in [0.1, 0.15) is 31.9 Å². The van der Waals surface area contributed by atoms with Gasteiger partial charge in [0.15, 0.2) is 0 Å². The summed E-state index contributed by atoms with van der Waals surface area (Å²) >= 11 is 0. The number of nitrogens with two attached hydrogens (primary N) is 1. The standard InChI is InChI=1S/C14H26N4/c1-3-18(14-6-4-5-12(14)11-15)10-8-13-7-9-16-17(13)2/h7,9,12,14H,3-6,8,10-11,15H2,1-2H3. The van der Waals surface area contributed by atoms with Gasteiger partial charge < -0.3 is 5.73 Å². The Morgan fingerprint density at radius 3 is 2.94 bits per heavy atom. The fraction of sp³-hybridized carbons (Fsp3) is 0.786. The number of aromatic nitrogens is 2. The average Bonchev–Trinajstić information content (AvgIpc) is 2.99. The Bertz CT molecular complexity index is 360. The second-order valence-electron chi connectivity index (χ2n) is 5.32. The molecule has 1 heterocycles. The maximum Gasteiger partial charge on any atom is 0.0492 e. The molecule has 2 N–H and O–H groups in total. The third kappa shape index (κ3) is 2.93. The molecule has 1 aromatic heterocycles. The summed E-state index contributed by atoms with van der Waals surface area (Å²) in [6.45, 7) is 5.35. The van der Waals surface area contributed by atoms with Gasteiger partial charge in [0.25, 0.3) is 0 Å². The van der Waals surface area contributed by atoms with Gasteiger partial charge in [-0.2, -0.15) is 5.10 Å². The minimum Gasteiger partial charge on any atom is -0.330 e. The second-order valence-corrected chi connectivity index (χ2v) is 5.32. The van der Waals surface area contributed by atoms with E-state index in [9.17, 15) is 0 Å². The van der Waals surface area contributed by atoms with E-state index in [-0.39, 0.29) is 0 Å². The molecule has 2 rings (SSSR count). The monoisotopic (exact) mass is 250 g/mol. The molecule has 0 bridgehead atoms. The highest BCUT2D eigenvalue weighted by molar-refractivity contribution is 5.00. The van der Waals surface area contributed by atoms with E-state index in [0.29, 0.717) is 12.0 Å². The van der Waals surface area contributed by atoms with Gasteiger partial charge in [-0.15, -0.1) is 0 Å². The molecule has 2 atom stereocenters. The molecule has 0 saturated heterocycles. The Labute approximate surface area is 110 Å². The minimum absolute atomic E-state index is 0.702. The van der Waals surface area contributed by atoms with Crippen molar-refractivity contribution in [2.24, 2.45) is 18.7 Å². The molecule has 4 heteroatoms. The molecule has 1 fully saturated rings. The van der Waals surface area contributed by atoms with E-state index in [1.165, 1.54) is 25.0 Å². The van der Waals surface area contributed by atoms with Crippen LogP contribution in [0.15, 0.2) is 12.3 Å². The van der Waals surface area contributed by atoms with E-state index in [1.807, 2.05) is 17.9 Å². The summed E-state index contributed by atoms with van der Waals surface area (Å²) in [4.78, 5) is 2.61. The van der Waals surface area contributed by atoms with Crippen LogP contribution in [0.3, 0.4) is 0 Å². The molecular formula is C14H26N4. The first kappa shape index (κ1) is 13.6. The van der Waals surface area contributed by atoms with Crippen molar-refractivity contribution < 1.29 is 0 Å². The third-order valence-corrected chi connectivity index (χ3v) is 4.37. The molecule has 0 amide bonds. The van der Waals surface area contributed by atoms with E-state index >= 15 is 0 Å². The zero-order valence-electron chi connectivity index (χ0n) is 11.7. The van der Waals surface area contributed by atoms with Crippen LogP contribution >= 0.6 is 0 Å². The molecule has 0 radical (unpaired) electrons. The number of likely N-dealkylation sites (N-methyl/N-ethyl adjacent to an activating group) is 1. The largest absolute Gasteiger partial charge is 0.330 e. The van der Waals surface area contributed by atoms with Crippen molar-refractivity contribution in [3.8, 4) is 0 Å². The lowest BCUT2D eigenvalue weighted by molar-refractivity contribution is 0.171. The smallest absolute Gasteiger partial charge is 0.0492 e. The maximum absolute atomic E-state index is 5.89. The van der Waals surface area contributed by atoms with E-state index < -0.39 is 0 Å². The van der Waals surface area contributed by atoms with Crippen molar-refractivity contribution in [1.29, 1.82) is 0 Å². The lowest BCUT2D eigenvalue weighted by Crippen LogP contribution is -2.41. The summed E-state index contributed by atoms with van der Waals surface area (Å²) in [5.41, 5.74) is 7.21. The van der Waals surface area contributed by atoms with Gasteiger partial charge in [-0.05, 0) is 37.9 Å². The minimum atomic E-state index is 0.702. The van der Waals surface area contributed by atoms with Gasteiger partial charge >= 0.3 is 0 Å². The molecule has 1 aliphatic carbocycles. The van der Waals surface area contributed by atoms with Gasteiger partial charge in [0.05, 0.1) is 0 Å². The molecule has 1 aliphatic rings. The van der Waals surface area contributed by atoms with Crippen molar-refractivity contribution >= 4 is 0 Å². The Balaban J connectivity index is 1.91. The summed E-state index contributed by atoms with van der Waals surface area (Å²) < 4.78 is 1.98. The van der Waals surface area contributed by atoms with Crippen LogP contribution in [-0.4, -0.2) is 40.4 Å². The van der Waals surface area contributed by atoms with Gasteiger partial charge in [0, 0.05) is 37.9 Å². The first-order chi connectivity index (χ1) is 8.76. The summed E-state index contributed by atoms with van der Waals surface area (Å²) in [5, 5.41) is 4.23. The third-order valence-electron chi connectivity index (χ3n) is 4.37. The Morgan fingerprint density at radius 1 is 1.50 bits per heavy atom. The van der Waals surface area contributed by atoms with Crippen LogP contribution in [0.4, 0.5) is 0 Å². The summed E-state index contributed by atoms with van der Waals surface area (Å²) in [5.74, 6) is 0.705. The number of aryl methyl sites for hydroxylation is 1. The first-order valence-electron chi connectivity index (χ1n) is 7.17. The van der Waals surface area contributed by atoms with E-state index in [0.717, 1.165) is 26.1 Å². The highest BCUT2D eigenvalue weighted by atomic mass is 15.3. The zero-order chi connectivity index (χ0) is 13.0. The highest BCUT2D eigenvalue weighted by Crippen LogP contribution is 2.29. The molecule has 1 aromatic rings. The van der Waals surface area contributed by atoms with Crippen molar-refractivity contribution in [2.45, 2.75) is 38.6 Å². The zero-order valence-corrected chi connectivity index (χ0v) is 11.7. The Hall–Kier alpha value is -0.870. The average molecular weight is 250 g/mol. The topological polar surface area (TPSA) is 47.1 Å². The Kier molecular flexibility index (Phi) is 4.78. The second kappa shape index (κ2) is 6.34. The van der Waals surface area contributed by atoms with Crippen LogP contribution in [0.5, 0.6) is 0 Å². The van der Waals surface area contributed by atoms with Crippen LogP contribution in [0.25, 0.3) is 0 Å². The van der Waals surface area contributed by atoms with Crippen LogP contribution in [0, 0.1) is 5.92 Å². The predicted octanol–water partition coefficient (Wildman–Crippen LogP) is 1.41. The summed E-state index contributed by atoms with van der Waals surface area (Å²) in [6, 6.07) is 2.82. The van der Waals surface area contributed by atoms with Crippen LogP contribution < -0.4 is 5.73 Å². The predicted molar refractivity (Wildman–Crippen MR) is 74.3 cm³/mol. The SMILES string of the molecule is CCN(CCc1ccnn1C)C1CCCC1CN. The van der Waals surface area contributed by atoms with Crippen LogP contribution in [0.2, 0.25) is 0 Å². The van der Waals surface area contributed by atoms with E-state index in [4.69, 9.17) is 5.73 Å². The molecule has 18 heavy (non-hydrogen) atoms. The van der Waals surface area contributed by atoms with Gasteiger partial charge in [0.2, 0.25) is 0 Å². The van der Waals surface area contributed by atoms with Gasteiger partial charge in [0.1, 0.15) is 0 Å². The molecule has 1 saturated carbocycles. The molecule has 2 unspecified atom stereocenters. The molecular weight excluding hydrogens is 224 g/mol. The number of nitrogens with zero attached hydrogens (tertiary/aromatic N) is 3. The van der Waals surface area contributed by atoms with Crippen molar-refractivity contribution in [1.82, 2.24) is 14.7 Å². The number of hydrogen-bond acceptors (Lipinski definition) is 3. The highest BCUT2D eigenvalue weighted by Gasteiger charge is 2.30. The normalized spacial score (nSPS) is 24.0. The van der Waals surface area contributed by atoms with Gasteiger partial charge in [-0.1, -0.05) is 13.3 Å². The number of rotatable bonds is 6. The lowest BCUT2D eigenvalue weighted by atomic mass is 10.0. The Morgan fingerprint density at radius 2 is 2.33 bits per heavy atom. The van der Waals surface area contributed by atoms with E-state index in [2.05, 4.69) is 23.0 Å². The maximum atomic E-state index is 5.89. The molecule has 4 nitrogen and oxygen atoms in total. The molecule has 0 spiro atoms. The summed E-state index contributed by atoms with van der Waals surface area (Å²) in [6.07, 6.45) is 6.93. The van der Waals surface area contributed by atoms with Gasteiger partial charge in [-0.3, -0.25) is 9.58 Å². The first-order valence-corrected chi connectivity index (χ1v) is 7.17.